The fourth-order valence-corrected chi connectivity index (χ4v) is 2.39. The zero-order valence-electron chi connectivity index (χ0n) is 10.8. The maximum atomic E-state index is 11.8. The minimum absolute atomic E-state index is 0.000781. The first-order chi connectivity index (χ1) is 8.77. The molecular weight excluding hydrogens is 232 g/mol. The predicted octanol–water partition coefficient (Wildman–Crippen LogP) is -0.386. The number of urea groups is 1. The highest BCUT2D eigenvalue weighted by Crippen LogP contribution is 2.08. The highest BCUT2D eigenvalue weighted by atomic mass is 16.2. The number of amides is 3. The van der Waals surface area contributed by atoms with Gasteiger partial charge in [0.1, 0.15) is 0 Å². The van der Waals surface area contributed by atoms with Gasteiger partial charge in [-0.3, -0.25) is 4.79 Å². The third kappa shape index (κ3) is 3.60. The number of carbonyl (C=O) groups is 2. The predicted molar refractivity (Wildman–Crippen MR) is 68.3 cm³/mol. The maximum Gasteiger partial charge on any atom is 0.317 e. The standard InChI is InChI=1S/C12H22N4O2/c17-11(15-6-2-1-3-7-15)10-13-4-8-16-9-5-14-12(16)18/h13H,1-10H2,(H,14,18). The van der Waals surface area contributed by atoms with E-state index in [0.29, 0.717) is 19.6 Å². The number of piperidine rings is 1. The summed E-state index contributed by atoms with van der Waals surface area (Å²) in [5.41, 5.74) is 0. The summed E-state index contributed by atoms with van der Waals surface area (Å²) in [5, 5.41) is 5.87. The van der Waals surface area contributed by atoms with Crippen LogP contribution >= 0.6 is 0 Å². The molecule has 6 heteroatoms. The molecule has 2 aliphatic rings. The average Bonchev–Trinajstić information content (AvgIpc) is 2.81. The van der Waals surface area contributed by atoms with Crippen molar-refractivity contribution in [3.8, 4) is 0 Å². The zero-order valence-corrected chi connectivity index (χ0v) is 10.8. The monoisotopic (exact) mass is 254 g/mol. The summed E-state index contributed by atoms with van der Waals surface area (Å²) in [6, 6.07) is -0.000781. The Labute approximate surface area is 108 Å². The van der Waals surface area contributed by atoms with Crippen molar-refractivity contribution in [1.82, 2.24) is 20.4 Å². The Morgan fingerprint density at radius 2 is 2.00 bits per heavy atom. The molecule has 0 aromatic carbocycles. The van der Waals surface area contributed by atoms with Crippen LogP contribution in [0.1, 0.15) is 19.3 Å². The minimum atomic E-state index is -0.000781. The number of hydrogen-bond acceptors (Lipinski definition) is 3. The Balaban J connectivity index is 1.57. The molecule has 0 radical (unpaired) electrons. The van der Waals surface area contributed by atoms with E-state index in [4.69, 9.17) is 0 Å². The van der Waals surface area contributed by atoms with Crippen molar-refractivity contribution in [2.24, 2.45) is 0 Å². The Bertz CT molecular complexity index is 302. The third-order valence-corrected chi connectivity index (χ3v) is 3.49. The Kier molecular flexibility index (Phi) is 4.81. The summed E-state index contributed by atoms with van der Waals surface area (Å²) in [4.78, 5) is 26.8. The van der Waals surface area contributed by atoms with Crippen LogP contribution in [0.5, 0.6) is 0 Å². The summed E-state index contributed by atoms with van der Waals surface area (Å²) in [6.45, 7) is 5.01. The molecule has 6 nitrogen and oxygen atoms in total. The first-order valence-corrected chi connectivity index (χ1v) is 6.78. The summed E-state index contributed by atoms with van der Waals surface area (Å²) >= 11 is 0. The molecule has 0 aromatic rings. The number of nitrogens with zero attached hydrogens (tertiary/aromatic N) is 2. The molecule has 0 spiro atoms. The highest BCUT2D eigenvalue weighted by molar-refractivity contribution is 5.78. The molecule has 18 heavy (non-hydrogen) atoms. The van der Waals surface area contributed by atoms with Gasteiger partial charge in [-0.25, -0.2) is 4.79 Å². The normalized spacial score (nSPS) is 20.1. The van der Waals surface area contributed by atoms with Gasteiger partial charge < -0.3 is 20.4 Å². The molecule has 2 N–H and O–H groups in total. The van der Waals surface area contributed by atoms with E-state index in [1.807, 2.05) is 4.90 Å². The molecule has 3 amide bonds. The van der Waals surface area contributed by atoms with Gasteiger partial charge in [0.15, 0.2) is 0 Å². The lowest BCUT2D eigenvalue weighted by Gasteiger charge is -2.27. The lowest BCUT2D eigenvalue weighted by molar-refractivity contribution is -0.131. The van der Waals surface area contributed by atoms with Gasteiger partial charge >= 0.3 is 6.03 Å². The van der Waals surface area contributed by atoms with Crippen molar-refractivity contribution < 1.29 is 9.59 Å². The van der Waals surface area contributed by atoms with Crippen LogP contribution in [0.3, 0.4) is 0 Å². The van der Waals surface area contributed by atoms with Crippen LogP contribution < -0.4 is 10.6 Å². The fraction of sp³-hybridized carbons (Fsp3) is 0.833. The van der Waals surface area contributed by atoms with Crippen LogP contribution in [-0.4, -0.2) is 67.6 Å². The molecule has 2 heterocycles. The Morgan fingerprint density at radius 1 is 1.22 bits per heavy atom. The number of carbonyl (C=O) groups excluding carboxylic acids is 2. The van der Waals surface area contributed by atoms with Gasteiger partial charge in [0.05, 0.1) is 6.54 Å². The third-order valence-electron chi connectivity index (χ3n) is 3.49. The number of rotatable bonds is 5. The van der Waals surface area contributed by atoms with Crippen molar-refractivity contribution in [2.75, 3.05) is 45.8 Å². The van der Waals surface area contributed by atoms with Gasteiger partial charge in [0.25, 0.3) is 0 Å². The largest absolute Gasteiger partial charge is 0.342 e. The van der Waals surface area contributed by atoms with Gasteiger partial charge in [-0.05, 0) is 19.3 Å². The number of likely N-dealkylation sites (tertiary alicyclic amines) is 1. The van der Waals surface area contributed by atoms with E-state index in [2.05, 4.69) is 10.6 Å². The van der Waals surface area contributed by atoms with Gasteiger partial charge in [0, 0.05) is 39.3 Å². The van der Waals surface area contributed by atoms with E-state index in [9.17, 15) is 9.59 Å². The average molecular weight is 254 g/mol. The molecule has 102 valence electrons. The second-order valence-electron chi connectivity index (χ2n) is 4.84. The van der Waals surface area contributed by atoms with E-state index in [1.54, 1.807) is 4.90 Å². The molecule has 2 rings (SSSR count). The summed E-state index contributed by atoms with van der Waals surface area (Å²) in [6.07, 6.45) is 3.49. The number of nitrogens with one attached hydrogen (secondary N) is 2. The van der Waals surface area contributed by atoms with Crippen LogP contribution in [0.15, 0.2) is 0 Å². The van der Waals surface area contributed by atoms with Crippen molar-refractivity contribution >= 4 is 11.9 Å². The molecule has 2 fully saturated rings. The van der Waals surface area contributed by atoms with Crippen LogP contribution in [-0.2, 0) is 4.79 Å². The first kappa shape index (κ1) is 13.1. The van der Waals surface area contributed by atoms with Crippen molar-refractivity contribution in [3.05, 3.63) is 0 Å². The zero-order chi connectivity index (χ0) is 12.8. The van der Waals surface area contributed by atoms with Gasteiger partial charge in [-0.1, -0.05) is 0 Å². The van der Waals surface area contributed by atoms with Gasteiger partial charge in [0.2, 0.25) is 5.91 Å². The second-order valence-corrected chi connectivity index (χ2v) is 4.84. The summed E-state index contributed by atoms with van der Waals surface area (Å²) in [5.74, 6) is 0.181. The second kappa shape index (κ2) is 6.58. The lowest BCUT2D eigenvalue weighted by Crippen LogP contribution is -2.43. The molecule has 2 saturated heterocycles. The molecule has 2 aliphatic heterocycles. The van der Waals surface area contributed by atoms with E-state index in [-0.39, 0.29) is 11.9 Å². The van der Waals surface area contributed by atoms with Crippen molar-refractivity contribution in [2.45, 2.75) is 19.3 Å². The highest BCUT2D eigenvalue weighted by Gasteiger charge is 2.19. The molecule has 0 aromatic heterocycles. The van der Waals surface area contributed by atoms with Gasteiger partial charge in [-0.2, -0.15) is 0 Å². The van der Waals surface area contributed by atoms with Crippen LogP contribution in [0.25, 0.3) is 0 Å². The van der Waals surface area contributed by atoms with Crippen LogP contribution in [0.4, 0.5) is 4.79 Å². The molecule has 0 aliphatic carbocycles. The molecule has 0 bridgehead atoms. The van der Waals surface area contributed by atoms with E-state index in [1.165, 1.54) is 6.42 Å². The number of hydrogen-bond donors (Lipinski definition) is 2. The van der Waals surface area contributed by atoms with E-state index >= 15 is 0 Å². The van der Waals surface area contributed by atoms with E-state index in [0.717, 1.165) is 39.0 Å². The SMILES string of the molecule is O=C(CNCCN1CCNC1=O)N1CCCCC1. The van der Waals surface area contributed by atoms with Crippen molar-refractivity contribution in [3.63, 3.8) is 0 Å². The summed E-state index contributed by atoms with van der Waals surface area (Å²) in [7, 11) is 0. The first-order valence-electron chi connectivity index (χ1n) is 6.78. The quantitative estimate of drug-likeness (QED) is 0.657. The van der Waals surface area contributed by atoms with Crippen LogP contribution in [0, 0.1) is 0 Å². The maximum absolute atomic E-state index is 11.8. The van der Waals surface area contributed by atoms with Crippen LogP contribution in [0.2, 0.25) is 0 Å². The van der Waals surface area contributed by atoms with E-state index < -0.39 is 0 Å². The smallest absolute Gasteiger partial charge is 0.317 e. The molecule has 0 unspecified atom stereocenters. The van der Waals surface area contributed by atoms with Gasteiger partial charge in [-0.15, -0.1) is 0 Å². The van der Waals surface area contributed by atoms with Crippen molar-refractivity contribution in [1.29, 1.82) is 0 Å². The molecule has 0 saturated carbocycles. The Hall–Kier alpha value is -1.30. The molecule has 0 atom stereocenters. The minimum Gasteiger partial charge on any atom is -0.342 e. The summed E-state index contributed by atoms with van der Waals surface area (Å²) < 4.78 is 0. The topological polar surface area (TPSA) is 64.7 Å². The molecular formula is C12H22N4O2. The fourth-order valence-electron chi connectivity index (χ4n) is 2.39. The lowest BCUT2D eigenvalue weighted by atomic mass is 10.1. The Morgan fingerprint density at radius 3 is 2.67 bits per heavy atom.